The van der Waals surface area contributed by atoms with E-state index >= 15 is 0 Å². The largest absolute Gasteiger partial charge is 0.312 e. The van der Waals surface area contributed by atoms with E-state index in [9.17, 15) is 0 Å². The molecule has 0 bridgehead atoms. The Morgan fingerprint density at radius 3 is 2.78 bits per heavy atom. The summed E-state index contributed by atoms with van der Waals surface area (Å²) in [4.78, 5) is 0. The van der Waals surface area contributed by atoms with Gasteiger partial charge >= 0.3 is 0 Å². The highest BCUT2D eigenvalue weighted by molar-refractivity contribution is 5.02. The zero-order valence-corrected chi connectivity index (χ0v) is 12.2. The van der Waals surface area contributed by atoms with E-state index in [0.717, 1.165) is 18.4 Å². The average molecular weight is 249 g/mol. The van der Waals surface area contributed by atoms with Gasteiger partial charge in [-0.3, -0.25) is 4.68 Å². The van der Waals surface area contributed by atoms with Crippen molar-refractivity contribution >= 4 is 0 Å². The van der Waals surface area contributed by atoms with Crippen LogP contribution in [-0.4, -0.2) is 22.4 Å². The molecule has 0 radical (unpaired) electrons. The smallest absolute Gasteiger partial charge is 0.0674 e. The molecule has 2 rings (SSSR count). The fourth-order valence-electron chi connectivity index (χ4n) is 3.19. The Bertz CT molecular complexity index is 370. The summed E-state index contributed by atoms with van der Waals surface area (Å²) >= 11 is 0. The maximum Gasteiger partial charge on any atom is 0.0674 e. The molecule has 0 aromatic carbocycles. The van der Waals surface area contributed by atoms with Crippen LogP contribution in [0.3, 0.4) is 0 Å². The van der Waals surface area contributed by atoms with Gasteiger partial charge in [0.2, 0.25) is 0 Å². The summed E-state index contributed by atoms with van der Waals surface area (Å²) in [5.41, 5.74) is 1.26. The van der Waals surface area contributed by atoms with Gasteiger partial charge in [0.25, 0.3) is 0 Å². The highest BCUT2D eigenvalue weighted by Gasteiger charge is 2.32. The van der Waals surface area contributed by atoms with Crippen LogP contribution in [0.2, 0.25) is 0 Å². The molecule has 3 heteroatoms. The molecule has 1 N–H and O–H groups in total. The molecule has 0 saturated heterocycles. The molecular weight excluding hydrogens is 222 g/mol. The third-order valence-corrected chi connectivity index (χ3v) is 4.34. The molecule has 0 amide bonds. The van der Waals surface area contributed by atoms with Crippen LogP contribution in [0, 0.1) is 18.8 Å². The summed E-state index contributed by atoms with van der Waals surface area (Å²) in [5.74, 6) is 1.63. The monoisotopic (exact) mass is 249 g/mol. The van der Waals surface area contributed by atoms with E-state index in [1.165, 1.54) is 24.8 Å². The number of aromatic nitrogens is 2. The van der Waals surface area contributed by atoms with E-state index in [0.29, 0.717) is 12.1 Å². The fourth-order valence-corrected chi connectivity index (χ4v) is 3.19. The molecule has 102 valence electrons. The molecule has 18 heavy (non-hydrogen) atoms. The molecule has 1 aliphatic rings. The summed E-state index contributed by atoms with van der Waals surface area (Å²) in [6.07, 6.45) is 8.06. The van der Waals surface area contributed by atoms with E-state index in [4.69, 9.17) is 0 Å². The fraction of sp³-hybridized carbons (Fsp3) is 0.800. The van der Waals surface area contributed by atoms with Gasteiger partial charge in [-0.2, -0.15) is 5.10 Å². The lowest BCUT2D eigenvalue weighted by Gasteiger charge is -2.38. The Labute approximate surface area is 111 Å². The molecule has 0 spiro atoms. The van der Waals surface area contributed by atoms with Gasteiger partial charge in [-0.15, -0.1) is 0 Å². The SMILES string of the molecule is CCNC1CCC(C(C)C)CC1n1cc(C)cn1. The van der Waals surface area contributed by atoms with Crippen LogP contribution >= 0.6 is 0 Å². The standard InChI is InChI=1S/C15H27N3/c1-5-16-14-7-6-13(11(2)3)8-15(14)18-10-12(4)9-17-18/h9-11,13-16H,5-8H2,1-4H3. The Hall–Kier alpha value is -0.830. The summed E-state index contributed by atoms with van der Waals surface area (Å²) < 4.78 is 2.19. The van der Waals surface area contributed by atoms with Crippen LogP contribution < -0.4 is 5.32 Å². The van der Waals surface area contributed by atoms with Gasteiger partial charge < -0.3 is 5.32 Å². The van der Waals surface area contributed by atoms with Gasteiger partial charge in [0, 0.05) is 12.2 Å². The molecule has 0 aliphatic heterocycles. The number of rotatable bonds is 4. The van der Waals surface area contributed by atoms with Crippen LogP contribution in [0.5, 0.6) is 0 Å². The normalized spacial score (nSPS) is 28.8. The lowest BCUT2D eigenvalue weighted by atomic mass is 9.77. The third-order valence-electron chi connectivity index (χ3n) is 4.34. The van der Waals surface area contributed by atoms with Crippen molar-refractivity contribution in [2.24, 2.45) is 11.8 Å². The molecule has 1 aromatic rings. The maximum atomic E-state index is 4.54. The first kappa shape index (κ1) is 13.6. The Balaban J connectivity index is 2.14. The van der Waals surface area contributed by atoms with Crippen LogP contribution in [0.15, 0.2) is 12.4 Å². The van der Waals surface area contributed by atoms with Gasteiger partial charge in [-0.25, -0.2) is 0 Å². The first-order chi connectivity index (χ1) is 8.61. The highest BCUT2D eigenvalue weighted by Crippen LogP contribution is 2.36. The number of nitrogens with one attached hydrogen (secondary N) is 1. The van der Waals surface area contributed by atoms with Crippen molar-refractivity contribution < 1.29 is 0 Å². The summed E-state index contributed by atoms with van der Waals surface area (Å²) in [6.45, 7) is 10.1. The second-order valence-electron chi connectivity index (χ2n) is 6.05. The summed E-state index contributed by atoms with van der Waals surface area (Å²) in [6, 6.07) is 1.11. The van der Waals surface area contributed by atoms with Gasteiger partial charge in [0.05, 0.1) is 12.2 Å². The second kappa shape index (κ2) is 5.87. The lowest BCUT2D eigenvalue weighted by Crippen LogP contribution is -2.42. The van der Waals surface area contributed by atoms with Crippen LogP contribution in [0.4, 0.5) is 0 Å². The molecule has 1 aliphatic carbocycles. The quantitative estimate of drug-likeness (QED) is 0.888. The predicted molar refractivity (Wildman–Crippen MR) is 75.6 cm³/mol. The Kier molecular flexibility index (Phi) is 4.44. The van der Waals surface area contributed by atoms with Gasteiger partial charge in [0.1, 0.15) is 0 Å². The molecule has 3 nitrogen and oxygen atoms in total. The van der Waals surface area contributed by atoms with Crippen molar-refractivity contribution in [1.82, 2.24) is 15.1 Å². The summed E-state index contributed by atoms with van der Waals surface area (Å²) in [7, 11) is 0. The molecule has 1 heterocycles. The first-order valence-corrected chi connectivity index (χ1v) is 7.36. The van der Waals surface area contributed by atoms with E-state index in [1.807, 2.05) is 6.20 Å². The maximum absolute atomic E-state index is 4.54. The van der Waals surface area contributed by atoms with Crippen molar-refractivity contribution in [1.29, 1.82) is 0 Å². The van der Waals surface area contributed by atoms with E-state index in [2.05, 4.69) is 49.0 Å². The number of nitrogens with zero attached hydrogens (tertiary/aromatic N) is 2. The topological polar surface area (TPSA) is 29.9 Å². The van der Waals surface area contributed by atoms with Gasteiger partial charge in [-0.05, 0) is 50.1 Å². The minimum atomic E-state index is 0.528. The van der Waals surface area contributed by atoms with E-state index in [-0.39, 0.29) is 0 Å². The first-order valence-electron chi connectivity index (χ1n) is 7.36. The van der Waals surface area contributed by atoms with E-state index in [1.54, 1.807) is 0 Å². The number of aryl methyl sites for hydroxylation is 1. The van der Waals surface area contributed by atoms with Crippen LogP contribution in [0.1, 0.15) is 51.6 Å². The predicted octanol–water partition coefficient (Wildman–Crippen LogP) is 3.17. The molecule has 1 saturated carbocycles. The van der Waals surface area contributed by atoms with Gasteiger partial charge in [0.15, 0.2) is 0 Å². The Morgan fingerprint density at radius 1 is 1.44 bits per heavy atom. The highest BCUT2D eigenvalue weighted by atomic mass is 15.3. The molecule has 1 aromatic heterocycles. The van der Waals surface area contributed by atoms with E-state index < -0.39 is 0 Å². The van der Waals surface area contributed by atoms with Crippen molar-refractivity contribution in [2.45, 2.75) is 59.0 Å². The number of likely N-dealkylation sites (N-methyl/N-ethyl adjacent to an activating group) is 1. The Morgan fingerprint density at radius 2 is 2.22 bits per heavy atom. The van der Waals surface area contributed by atoms with Crippen LogP contribution in [-0.2, 0) is 0 Å². The zero-order chi connectivity index (χ0) is 13.1. The zero-order valence-electron chi connectivity index (χ0n) is 12.2. The average Bonchev–Trinajstić information content (AvgIpc) is 2.76. The van der Waals surface area contributed by atoms with Crippen LogP contribution in [0.25, 0.3) is 0 Å². The van der Waals surface area contributed by atoms with Crippen molar-refractivity contribution in [3.63, 3.8) is 0 Å². The second-order valence-corrected chi connectivity index (χ2v) is 6.05. The van der Waals surface area contributed by atoms with Crippen molar-refractivity contribution in [2.75, 3.05) is 6.54 Å². The molecule has 3 atom stereocenters. The lowest BCUT2D eigenvalue weighted by molar-refractivity contribution is 0.164. The molecule has 3 unspecified atom stereocenters. The summed E-state index contributed by atoms with van der Waals surface area (Å²) in [5, 5.41) is 8.18. The third kappa shape index (κ3) is 2.94. The minimum absolute atomic E-state index is 0.528. The van der Waals surface area contributed by atoms with Gasteiger partial charge in [-0.1, -0.05) is 20.8 Å². The van der Waals surface area contributed by atoms with Crippen molar-refractivity contribution in [3.05, 3.63) is 18.0 Å². The minimum Gasteiger partial charge on any atom is -0.312 e. The molecule has 1 fully saturated rings. The number of hydrogen-bond donors (Lipinski definition) is 1. The van der Waals surface area contributed by atoms with Crippen molar-refractivity contribution in [3.8, 4) is 0 Å². The molecular formula is C15H27N3. The number of hydrogen-bond acceptors (Lipinski definition) is 2.